The molecule has 0 spiro atoms. The second kappa shape index (κ2) is 8.39. The monoisotopic (exact) mass is 362 g/mol. The summed E-state index contributed by atoms with van der Waals surface area (Å²) < 4.78 is 10.7. The standard InChI is InChI=1S/C18H19ClN2O4/c1-11-5-4-6-15(12(11)2)21-17(22)10-25-18-14(19)7-13(9-20-23)8-16(18)24-3/h4-9,23H,10H2,1-3H3,(H,21,22)/b20-9+. The summed E-state index contributed by atoms with van der Waals surface area (Å²) in [6.45, 7) is 3.69. The predicted molar refractivity (Wildman–Crippen MR) is 97.4 cm³/mol. The molecule has 0 aromatic heterocycles. The molecule has 0 saturated heterocycles. The second-order valence-corrected chi connectivity index (χ2v) is 5.77. The molecular weight excluding hydrogens is 344 g/mol. The topological polar surface area (TPSA) is 80.2 Å². The summed E-state index contributed by atoms with van der Waals surface area (Å²) in [6, 6.07) is 8.81. The van der Waals surface area contributed by atoms with Crippen molar-refractivity contribution < 1.29 is 19.5 Å². The van der Waals surface area contributed by atoms with Gasteiger partial charge >= 0.3 is 0 Å². The smallest absolute Gasteiger partial charge is 0.262 e. The van der Waals surface area contributed by atoms with Crippen LogP contribution < -0.4 is 14.8 Å². The lowest BCUT2D eigenvalue weighted by molar-refractivity contribution is -0.118. The number of anilines is 1. The Kier molecular flexibility index (Phi) is 6.25. The van der Waals surface area contributed by atoms with E-state index in [2.05, 4.69) is 10.5 Å². The predicted octanol–water partition coefficient (Wildman–Crippen LogP) is 3.79. The van der Waals surface area contributed by atoms with Crippen LogP contribution in [-0.2, 0) is 4.79 Å². The zero-order valence-electron chi connectivity index (χ0n) is 14.2. The third-order valence-electron chi connectivity index (χ3n) is 3.68. The maximum absolute atomic E-state index is 12.2. The number of nitrogens with zero attached hydrogens (tertiary/aromatic N) is 1. The number of carbonyl (C=O) groups is 1. The lowest BCUT2D eigenvalue weighted by Gasteiger charge is -2.14. The summed E-state index contributed by atoms with van der Waals surface area (Å²) in [4.78, 5) is 12.2. The van der Waals surface area contributed by atoms with Crippen LogP contribution in [0.1, 0.15) is 16.7 Å². The normalized spacial score (nSPS) is 10.7. The first-order chi connectivity index (χ1) is 12.0. The number of methoxy groups -OCH3 is 1. The van der Waals surface area contributed by atoms with Gasteiger partial charge in [0.15, 0.2) is 18.1 Å². The van der Waals surface area contributed by atoms with Crippen LogP contribution in [0.25, 0.3) is 0 Å². The van der Waals surface area contributed by atoms with E-state index < -0.39 is 0 Å². The highest BCUT2D eigenvalue weighted by atomic mass is 35.5. The third kappa shape index (κ3) is 4.64. The van der Waals surface area contributed by atoms with Crippen molar-refractivity contribution in [3.63, 3.8) is 0 Å². The van der Waals surface area contributed by atoms with Crippen LogP contribution in [0.5, 0.6) is 11.5 Å². The molecule has 2 N–H and O–H groups in total. The largest absolute Gasteiger partial charge is 0.493 e. The van der Waals surface area contributed by atoms with E-state index in [-0.39, 0.29) is 23.3 Å². The molecule has 0 aliphatic rings. The molecule has 2 aromatic rings. The van der Waals surface area contributed by atoms with Crippen molar-refractivity contribution in [3.8, 4) is 11.5 Å². The molecule has 0 atom stereocenters. The quantitative estimate of drug-likeness (QED) is 0.465. The van der Waals surface area contributed by atoms with Gasteiger partial charge in [-0.3, -0.25) is 4.79 Å². The first-order valence-corrected chi connectivity index (χ1v) is 7.88. The van der Waals surface area contributed by atoms with E-state index in [0.717, 1.165) is 16.8 Å². The van der Waals surface area contributed by atoms with E-state index >= 15 is 0 Å². The number of benzene rings is 2. The van der Waals surface area contributed by atoms with Gasteiger partial charge in [0, 0.05) is 11.3 Å². The first-order valence-electron chi connectivity index (χ1n) is 7.50. The van der Waals surface area contributed by atoms with Crippen molar-refractivity contribution in [1.82, 2.24) is 0 Å². The lowest BCUT2D eigenvalue weighted by atomic mass is 10.1. The Balaban J connectivity index is 2.10. The summed E-state index contributed by atoms with van der Waals surface area (Å²) in [5, 5.41) is 14.6. The number of hydrogen-bond donors (Lipinski definition) is 2. The average molecular weight is 363 g/mol. The van der Waals surface area contributed by atoms with Gasteiger partial charge in [0.05, 0.1) is 18.3 Å². The van der Waals surface area contributed by atoms with Gasteiger partial charge in [0.1, 0.15) is 0 Å². The zero-order chi connectivity index (χ0) is 18.4. The number of aryl methyl sites for hydroxylation is 1. The Morgan fingerprint density at radius 2 is 2.12 bits per heavy atom. The molecule has 1 amide bonds. The summed E-state index contributed by atoms with van der Waals surface area (Å²) in [6.07, 6.45) is 1.21. The summed E-state index contributed by atoms with van der Waals surface area (Å²) >= 11 is 6.16. The second-order valence-electron chi connectivity index (χ2n) is 5.36. The minimum absolute atomic E-state index is 0.225. The minimum Gasteiger partial charge on any atom is -0.493 e. The summed E-state index contributed by atoms with van der Waals surface area (Å²) in [5.74, 6) is 0.269. The van der Waals surface area contributed by atoms with E-state index in [1.54, 1.807) is 12.1 Å². The van der Waals surface area contributed by atoms with E-state index in [9.17, 15) is 4.79 Å². The number of halogens is 1. The molecule has 132 valence electrons. The van der Waals surface area contributed by atoms with Gasteiger partial charge < -0.3 is 20.0 Å². The molecule has 0 bridgehead atoms. The molecule has 7 heteroatoms. The van der Waals surface area contributed by atoms with E-state index in [4.69, 9.17) is 26.3 Å². The molecule has 0 fully saturated rings. The summed E-state index contributed by atoms with van der Waals surface area (Å²) in [5.41, 5.74) is 3.36. The van der Waals surface area contributed by atoms with E-state index in [1.807, 2.05) is 32.0 Å². The van der Waals surface area contributed by atoms with E-state index in [0.29, 0.717) is 11.3 Å². The molecular formula is C18H19ClN2O4. The Hall–Kier alpha value is -2.73. The van der Waals surface area contributed by atoms with Crippen molar-refractivity contribution in [3.05, 3.63) is 52.0 Å². The molecule has 0 aliphatic heterocycles. The number of nitrogens with one attached hydrogen (secondary N) is 1. The van der Waals surface area contributed by atoms with Gasteiger partial charge in [0.25, 0.3) is 5.91 Å². The van der Waals surface area contributed by atoms with Gasteiger partial charge in [0.2, 0.25) is 0 Å². The molecule has 2 aromatic carbocycles. The molecule has 0 radical (unpaired) electrons. The first kappa shape index (κ1) is 18.6. The Bertz CT molecular complexity index is 806. The molecule has 25 heavy (non-hydrogen) atoms. The number of hydrogen-bond acceptors (Lipinski definition) is 5. The fourth-order valence-corrected chi connectivity index (χ4v) is 2.51. The molecule has 2 rings (SSSR count). The highest BCUT2D eigenvalue weighted by molar-refractivity contribution is 6.32. The van der Waals surface area contributed by atoms with Crippen molar-refractivity contribution >= 4 is 29.4 Å². The van der Waals surface area contributed by atoms with Crippen LogP contribution in [-0.4, -0.2) is 31.0 Å². The molecule has 6 nitrogen and oxygen atoms in total. The molecule has 0 saturated carbocycles. The molecule has 0 unspecified atom stereocenters. The van der Waals surface area contributed by atoms with Crippen molar-refractivity contribution in [2.24, 2.45) is 5.16 Å². The van der Waals surface area contributed by atoms with E-state index in [1.165, 1.54) is 13.3 Å². The van der Waals surface area contributed by atoms with Crippen molar-refractivity contribution in [1.29, 1.82) is 0 Å². The van der Waals surface area contributed by atoms with Gasteiger partial charge in [-0.25, -0.2) is 0 Å². The van der Waals surface area contributed by atoms with Crippen LogP contribution in [0.3, 0.4) is 0 Å². The maximum Gasteiger partial charge on any atom is 0.262 e. The van der Waals surface area contributed by atoms with Gasteiger partial charge in [-0.2, -0.15) is 0 Å². The van der Waals surface area contributed by atoms with Crippen LogP contribution in [0.2, 0.25) is 5.02 Å². The Morgan fingerprint density at radius 1 is 1.36 bits per heavy atom. The zero-order valence-corrected chi connectivity index (χ0v) is 14.9. The summed E-state index contributed by atoms with van der Waals surface area (Å²) in [7, 11) is 1.45. The Morgan fingerprint density at radius 3 is 2.80 bits per heavy atom. The van der Waals surface area contributed by atoms with Crippen LogP contribution in [0, 0.1) is 13.8 Å². The lowest BCUT2D eigenvalue weighted by Crippen LogP contribution is -2.21. The minimum atomic E-state index is -0.312. The van der Waals surface area contributed by atoms with Crippen LogP contribution in [0.15, 0.2) is 35.5 Å². The van der Waals surface area contributed by atoms with Gasteiger partial charge in [-0.15, -0.1) is 0 Å². The SMILES string of the molecule is COc1cc(/C=N/O)cc(Cl)c1OCC(=O)Nc1cccc(C)c1C. The fraction of sp³-hybridized carbons (Fsp3) is 0.222. The van der Waals surface area contributed by atoms with Crippen molar-refractivity contribution in [2.75, 3.05) is 19.0 Å². The van der Waals surface area contributed by atoms with Gasteiger partial charge in [-0.1, -0.05) is 28.9 Å². The van der Waals surface area contributed by atoms with Crippen LogP contribution >= 0.6 is 11.6 Å². The number of carbonyl (C=O) groups excluding carboxylic acids is 1. The maximum atomic E-state index is 12.2. The average Bonchev–Trinajstić information content (AvgIpc) is 2.58. The fourth-order valence-electron chi connectivity index (χ4n) is 2.23. The van der Waals surface area contributed by atoms with Crippen molar-refractivity contribution in [2.45, 2.75) is 13.8 Å². The highest BCUT2D eigenvalue weighted by Crippen LogP contribution is 2.36. The third-order valence-corrected chi connectivity index (χ3v) is 3.97. The van der Waals surface area contributed by atoms with Crippen LogP contribution in [0.4, 0.5) is 5.69 Å². The van der Waals surface area contributed by atoms with Gasteiger partial charge in [-0.05, 0) is 43.2 Å². The number of rotatable bonds is 6. The highest BCUT2D eigenvalue weighted by Gasteiger charge is 2.14. The number of amides is 1. The number of oxime groups is 1. The molecule has 0 aliphatic carbocycles. The number of ether oxygens (including phenoxy) is 2. The molecule has 0 heterocycles. The Labute approximate surface area is 151 Å².